The average Bonchev–Trinajstić information content (AvgIpc) is 2.35. The molecular weight excluding hydrogens is 240 g/mol. The summed E-state index contributed by atoms with van der Waals surface area (Å²) >= 11 is 0. The molecule has 0 bridgehead atoms. The fourth-order valence-corrected chi connectivity index (χ4v) is 3.36. The van der Waals surface area contributed by atoms with Gasteiger partial charge in [-0.25, -0.2) is 0 Å². The van der Waals surface area contributed by atoms with Crippen LogP contribution >= 0.6 is 0 Å². The van der Waals surface area contributed by atoms with Crippen molar-refractivity contribution in [2.45, 2.75) is 52.1 Å². The van der Waals surface area contributed by atoms with Crippen molar-refractivity contribution in [1.29, 1.82) is 0 Å². The summed E-state index contributed by atoms with van der Waals surface area (Å²) in [7, 11) is 2.18. The van der Waals surface area contributed by atoms with E-state index in [1.54, 1.807) is 0 Å². The van der Waals surface area contributed by atoms with Crippen LogP contribution in [-0.2, 0) is 9.47 Å². The molecule has 0 saturated carbocycles. The van der Waals surface area contributed by atoms with E-state index in [2.05, 4.69) is 44.5 Å². The molecule has 2 rings (SSSR count). The average molecular weight is 270 g/mol. The molecule has 2 aliphatic rings. The number of likely N-dealkylation sites (N-methyl/N-ethyl adjacent to an activating group) is 2. The fraction of sp³-hybridized carbons (Fsp3) is 1.00. The second-order valence-corrected chi connectivity index (χ2v) is 6.40. The Kier molecular flexibility index (Phi) is 5.23. The molecule has 4 nitrogen and oxygen atoms in total. The van der Waals surface area contributed by atoms with Gasteiger partial charge < -0.3 is 14.4 Å². The lowest BCUT2D eigenvalue weighted by Crippen LogP contribution is -2.55. The van der Waals surface area contributed by atoms with E-state index in [1.165, 1.54) is 0 Å². The van der Waals surface area contributed by atoms with Crippen molar-refractivity contribution in [2.75, 3.05) is 39.8 Å². The summed E-state index contributed by atoms with van der Waals surface area (Å²) in [6.45, 7) is 14.1. The molecule has 5 atom stereocenters. The van der Waals surface area contributed by atoms with Gasteiger partial charge in [-0.15, -0.1) is 0 Å². The Morgan fingerprint density at radius 1 is 1.00 bits per heavy atom. The Bertz CT molecular complexity index is 277. The smallest absolute Gasteiger partial charge is 0.0756 e. The molecule has 2 heterocycles. The van der Waals surface area contributed by atoms with Crippen LogP contribution in [0.2, 0.25) is 0 Å². The van der Waals surface area contributed by atoms with Crippen molar-refractivity contribution in [3.05, 3.63) is 0 Å². The number of morpholine rings is 2. The van der Waals surface area contributed by atoms with Gasteiger partial charge >= 0.3 is 0 Å². The third-order valence-corrected chi connectivity index (χ3v) is 4.45. The zero-order valence-electron chi connectivity index (χ0n) is 13.1. The van der Waals surface area contributed by atoms with E-state index in [0.717, 1.165) is 32.7 Å². The van der Waals surface area contributed by atoms with Gasteiger partial charge in [0.15, 0.2) is 0 Å². The Morgan fingerprint density at radius 2 is 1.58 bits per heavy atom. The van der Waals surface area contributed by atoms with Gasteiger partial charge in [-0.2, -0.15) is 0 Å². The van der Waals surface area contributed by atoms with Crippen molar-refractivity contribution in [3.8, 4) is 0 Å². The molecule has 0 spiro atoms. The lowest BCUT2D eigenvalue weighted by Gasteiger charge is -2.44. The first-order valence-corrected chi connectivity index (χ1v) is 7.71. The van der Waals surface area contributed by atoms with Crippen LogP contribution in [0.15, 0.2) is 0 Å². The first kappa shape index (κ1) is 15.2. The normalized spacial score (nSPS) is 40.3. The first-order chi connectivity index (χ1) is 8.99. The summed E-state index contributed by atoms with van der Waals surface area (Å²) in [6, 6.07) is 0. The number of nitrogens with zero attached hydrogens (tertiary/aromatic N) is 2. The summed E-state index contributed by atoms with van der Waals surface area (Å²) < 4.78 is 12.3. The van der Waals surface area contributed by atoms with E-state index >= 15 is 0 Å². The number of hydrogen-bond donors (Lipinski definition) is 0. The maximum atomic E-state index is 6.16. The Morgan fingerprint density at radius 3 is 2.16 bits per heavy atom. The summed E-state index contributed by atoms with van der Waals surface area (Å²) in [5.41, 5.74) is 0. The molecule has 0 aromatic heterocycles. The van der Waals surface area contributed by atoms with Crippen LogP contribution in [0.3, 0.4) is 0 Å². The van der Waals surface area contributed by atoms with Crippen molar-refractivity contribution in [1.82, 2.24) is 9.80 Å². The van der Waals surface area contributed by atoms with Gasteiger partial charge in [-0.1, -0.05) is 13.8 Å². The van der Waals surface area contributed by atoms with E-state index in [1.807, 2.05) is 0 Å². The Balaban J connectivity index is 1.95. The minimum absolute atomic E-state index is 0.294. The van der Waals surface area contributed by atoms with Gasteiger partial charge in [-0.3, -0.25) is 4.90 Å². The van der Waals surface area contributed by atoms with Crippen LogP contribution in [0.1, 0.15) is 27.7 Å². The first-order valence-electron chi connectivity index (χ1n) is 7.71. The largest absolute Gasteiger partial charge is 0.372 e. The monoisotopic (exact) mass is 270 g/mol. The third kappa shape index (κ3) is 3.91. The molecule has 0 aromatic carbocycles. The molecule has 0 radical (unpaired) electrons. The van der Waals surface area contributed by atoms with Crippen molar-refractivity contribution < 1.29 is 9.47 Å². The Labute approximate surface area is 118 Å². The summed E-state index contributed by atoms with van der Waals surface area (Å²) in [5, 5.41) is 0. The zero-order chi connectivity index (χ0) is 14.0. The van der Waals surface area contributed by atoms with Crippen LogP contribution in [-0.4, -0.2) is 74.0 Å². The van der Waals surface area contributed by atoms with Crippen LogP contribution in [0.25, 0.3) is 0 Å². The van der Waals surface area contributed by atoms with Gasteiger partial charge in [0.05, 0.1) is 24.4 Å². The van der Waals surface area contributed by atoms with E-state index in [9.17, 15) is 0 Å². The van der Waals surface area contributed by atoms with Gasteiger partial charge in [0.1, 0.15) is 0 Å². The van der Waals surface area contributed by atoms with E-state index in [4.69, 9.17) is 9.47 Å². The predicted molar refractivity (Wildman–Crippen MR) is 77.4 cm³/mol. The van der Waals surface area contributed by atoms with Crippen LogP contribution in [0.5, 0.6) is 0 Å². The molecule has 5 unspecified atom stereocenters. The number of rotatable bonds is 3. The highest BCUT2D eigenvalue weighted by molar-refractivity contribution is 4.86. The number of ether oxygens (including phenoxy) is 2. The zero-order valence-corrected chi connectivity index (χ0v) is 13.1. The number of hydrogen-bond acceptors (Lipinski definition) is 4. The molecule has 0 aliphatic carbocycles. The topological polar surface area (TPSA) is 24.9 Å². The van der Waals surface area contributed by atoms with Gasteiger partial charge in [0.25, 0.3) is 0 Å². The van der Waals surface area contributed by atoms with Crippen LogP contribution in [0, 0.1) is 5.92 Å². The quantitative estimate of drug-likeness (QED) is 0.775. The lowest BCUT2D eigenvalue weighted by molar-refractivity contribution is -0.154. The van der Waals surface area contributed by atoms with E-state index in [-0.39, 0.29) is 0 Å². The van der Waals surface area contributed by atoms with Gasteiger partial charge in [-0.05, 0) is 27.4 Å². The summed E-state index contributed by atoms with van der Waals surface area (Å²) in [6.07, 6.45) is 1.25. The second-order valence-electron chi connectivity index (χ2n) is 6.40. The maximum absolute atomic E-state index is 6.16. The molecule has 2 aliphatic heterocycles. The molecule has 19 heavy (non-hydrogen) atoms. The SMILES string of the molecule is CCN1CC(C)OC(C(C)C2CN(C)CC(C)O2)C1. The molecule has 2 saturated heterocycles. The lowest BCUT2D eigenvalue weighted by atomic mass is 9.94. The molecule has 2 fully saturated rings. The molecular formula is C15H30N2O2. The van der Waals surface area contributed by atoms with Crippen molar-refractivity contribution >= 4 is 0 Å². The highest BCUT2D eigenvalue weighted by Gasteiger charge is 2.36. The maximum Gasteiger partial charge on any atom is 0.0756 e. The standard InChI is InChI=1S/C15H30N2O2/c1-6-17-8-12(3)19-15(10-17)13(4)14-9-16(5)7-11(2)18-14/h11-15H,6-10H2,1-5H3. The van der Waals surface area contributed by atoms with Gasteiger partial charge in [0.2, 0.25) is 0 Å². The highest BCUT2D eigenvalue weighted by atomic mass is 16.5. The van der Waals surface area contributed by atoms with E-state index < -0.39 is 0 Å². The summed E-state index contributed by atoms with van der Waals surface area (Å²) in [5.74, 6) is 0.446. The molecule has 4 heteroatoms. The van der Waals surface area contributed by atoms with Crippen LogP contribution in [0.4, 0.5) is 0 Å². The Hall–Kier alpha value is -0.160. The molecule has 0 amide bonds. The van der Waals surface area contributed by atoms with E-state index in [0.29, 0.717) is 30.3 Å². The minimum Gasteiger partial charge on any atom is -0.372 e. The van der Waals surface area contributed by atoms with Gasteiger partial charge in [0, 0.05) is 32.1 Å². The summed E-state index contributed by atoms with van der Waals surface area (Å²) in [4.78, 5) is 4.87. The second kappa shape index (κ2) is 6.53. The molecule has 0 aromatic rings. The third-order valence-electron chi connectivity index (χ3n) is 4.45. The fourth-order valence-electron chi connectivity index (χ4n) is 3.36. The van der Waals surface area contributed by atoms with Crippen molar-refractivity contribution in [3.63, 3.8) is 0 Å². The molecule has 0 N–H and O–H groups in total. The highest BCUT2D eigenvalue weighted by Crippen LogP contribution is 2.25. The predicted octanol–water partition coefficient (Wildman–Crippen LogP) is 1.45. The minimum atomic E-state index is 0.294. The molecule has 112 valence electrons. The van der Waals surface area contributed by atoms with Crippen molar-refractivity contribution in [2.24, 2.45) is 5.92 Å². The van der Waals surface area contributed by atoms with Crippen LogP contribution < -0.4 is 0 Å².